The van der Waals surface area contributed by atoms with Gasteiger partial charge in [0.15, 0.2) is 17.6 Å². The first kappa shape index (κ1) is 51.5. The Morgan fingerprint density at radius 3 is 1.51 bits per heavy atom. The van der Waals surface area contributed by atoms with E-state index in [2.05, 4.69) is 52.7 Å². The van der Waals surface area contributed by atoms with Gasteiger partial charge in [0.05, 0.1) is 39.8 Å². The first-order chi connectivity index (χ1) is 34.9. The van der Waals surface area contributed by atoms with Crippen molar-refractivity contribution in [2.45, 2.75) is 84.6 Å². The minimum atomic E-state index is -1.70. The number of benzene rings is 4. The molecule has 0 amide bonds. The summed E-state index contributed by atoms with van der Waals surface area (Å²) in [6.45, 7) is 4.40. The lowest BCUT2D eigenvalue weighted by Gasteiger charge is -2.21. The third-order valence-electron chi connectivity index (χ3n) is 12.4. The molecule has 0 spiro atoms. The van der Waals surface area contributed by atoms with Crippen LogP contribution in [0.1, 0.15) is 57.3 Å². The van der Waals surface area contributed by atoms with Crippen molar-refractivity contribution in [1.82, 2.24) is 40.5 Å². The minimum absolute atomic E-state index is 0.0188. The van der Waals surface area contributed by atoms with E-state index in [9.17, 15) is 30.3 Å². The van der Waals surface area contributed by atoms with E-state index >= 15 is 0 Å². The maximum absolute atomic E-state index is 11.9. The van der Waals surface area contributed by atoms with E-state index in [4.69, 9.17) is 42.1 Å². The van der Waals surface area contributed by atoms with Gasteiger partial charge >= 0.3 is 5.97 Å². The van der Waals surface area contributed by atoms with E-state index in [1.54, 1.807) is 49.3 Å². The molecule has 2 atom stereocenters. The number of carboxylic acid groups (broad SMARTS) is 1. The van der Waals surface area contributed by atoms with Crippen LogP contribution in [0.25, 0.3) is 33.5 Å². The number of aliphatic carboxylic acids is 1. The number of carboxylic acids is 1. The number of aromatic amines is 2. The van der Waals surface area contributed by atoms with Gasteiger partial charge in [-0.1, -0.05) is 59.6 Å². The molecule has 376 valence electrons. The predicted molar refractivity (Wildman–Crippen MR) is 270 cm³/mol. The topological polar surface area (TPSA) is 262 Å². The Kier molecular flexibility index (Phi) is 17.2. The number of aromatic nitrogens is 6. The lowest BCUT2D eigenvalue weighted by Crippen LogP contribution is -2.40. The molecule has 4 aromatic heterocycles. The molecular weight excluding hydrogens is 968 g/mol. The number of aliphatic hydroxyl groups excluding tert-OH is 3. The number of carbonyl (C=O) groups is 1. The van der Waals surface area contributed by atoms with Gasteiger partial charge in [0.1, 0.15) is 55.5 Å². The maximum Gasteiger partial charge on any atom is 0.320 e. The molecule has 72 heavy (non-hydrogen) atoms. The van der Waals surface area contributed by atoms with Gasteiger partial charge in [0.25, 0.3) is 0 Å². The van der Waals surface area contributed by atoms with Crippen LogP contribution in [0.2, 0.25) is 10.0 Å². The van der Waals surface area contributed by atoms with Crippen LogP contribution in [-0.2, 0) is 44.3 Å². The Hall–Kier alpha value is -6.87. The quantitative estimate of drug-likeness (QED) is 0.0256. The first-order valence-electron chi connectivity index (χ1n) is 23.1. The van der Waals surface area contributed by atoms with Crippen molar-refractivity contribution < 1.29 is 49.3 Å². The largest absolute Gasteiger partial charge is 0.488 e. The van der Waals surface area contributed by atoms with Crippen LogP contribution in [-0.4, -0.2) is 93.0 Å². The lowest BCUT2D eigenvalue weighted by atomic mass is 9.92. The molecule has 20 heteroatoms. The number of H-pyrrole nitrogens is 2. The zero-order chi connectivity index (χ0) is 50.7. The van der Waals surface area contributed by atoms with Crippen molar-refractivity contribution in [2.24, 2.45) is 0 Å². The number of fused-ring (bicyclic) bond motifs is 2. The lowest BCUT2D eigenvalue weighted by molar-refractivity contribution is -0.140. The summed E-state index contributed by atoms with van der Waals surface area (Å²) in [5, 5.41) is 55.1. The third kappa shape index (κ3) is 12.2. The molecule has 4 aromatic carbocycles. The number of ether oxygens (including phenoxy) is 4. The zero-order valence-electron chi connectivity index (χ0n) is 39.4. The monoisotopic (exact) mass is 1020 g/mol. The Morgan fingerprint density at radius 2 is 1.06 bits per heavy atom. The summed E-state index contributed by atoms with van der Waals surface area (Å²) >= 11 is 13.7. The molecule has 8 aromatic rings. The molecule has 0 aliphatic carbocycles. The van der Waals surface area contributed by atoms with Crippen molar-refractivity contribution >= 4 is 51.5 Å². The minimum Gasteiger partial charge on any atom is -0.488 e. The van der Waals surface area contributed by atoms with Crippen molar-refractivity contribution in [3.8, 4) is 34.1 Å². The third-order valence-corrected chi connectivity index (χ3v) is 13.0. The average molecular weight is 1020 g/mol. The molecule has 8 rings (SSSR count). The Balaban J connectivity index is 0.998. The Labute approximate surface area is 424 Å². The van der Waals surface area contributed by atoms with Crippen LogP contribution in [0.15, 0.2) is 97.8 Å². The summed E-state index contributed by atoms with van der Waals surface area (Å²) < 4.78 is 25.6. The van der Waals surface area contributed by atoms with Crippen molar-refractivity contribution in [1.29, 1.82) is 0 Å². The molecule has 0 fully saturated rings. The molecule has 9 N–H and O–H groups in total. The molecule has 18 nitrogen and oxygen atoms in total. The highest BCUT2D eigenvalue weighted by Crippen LogP contribution is 2.38. The zero-order valence-corrected chi connectivity index (χ0v) is 40.9. The van der Waals surface area contributed by atoms with Crippen LogP contribution in [0.4, 0.5) is 0 Å². The summed E-state index contributed by atoms with van der Waals surface area (Å²) in [5.74, 6) is 0.518. The summed E-state index contributed by atoms with van der Waals surface area (Å²) in [6.07, 6.45) is 4.86. The van der Waals surface area contributed by atoms with Gasteiger partial charge in [-0.3, -0.25) is 4.79 Å². The fraction of sp³-hybridized carbons (Fsp3) is 0.288. The second-order valence-corrected chi connectivity index (χ2v) is 17.8. The van der Waals surface area contributed by atoms with Crippen molar-refractivity contribution in [2.75, 3.05) is 13.2 Å². The van der Waals surface area contributed by atoms with Gasteiger partial charge in [-0.15, -0.1) is 0 Å². The normalized spacial score (nSPS) is 12.4. The summed E-state index contributed by atoms with van der Waals surface area (Å²) in [5.41, 5.74) is 11.2. The van der Waals surface area contributed by atoms with E-state index in [1.807, 2.05) is 50.2 Å². The highest BCUT2D eigenvalue weighted by atomic mass is 35.5. The molecule has 4 heterocycles. The van der Waals surface area contributed by atoms with Gasteiger partial charge in [0.2, 0.25) is 0 Å². The molecular formula is C52H54Cl2N8O10. The van der Waals surface area contributed by atoms with Crippen LogP contribution in [0.3, 0.4) is 0 Å². The first-order valence-corrected chi connectivity index (χ1v) is 23.8. The molecule has 0 aliphatic heterocycles. The molecule has 0 bridgehead atoms. The number of hydrogen-bond acceptors (Lipinski definition) is 15. The number of rotatable bonds is 25. The van der Waals surface area contributed by atoms with E-state index in [-0.39, 0.29) is 65.6 Å². The van der Waals surface area contributed by atoms with Gasteiger partial charge in [-0.05, 0) is 84.3 Å². The highest BCUT2D eigenvalue weighted by Gasteiger charge is 2.22. The fourth-order valence-corrected chi connectivity index (χ4v) is 8.74. The second-order valence-electron chi connectivity index (χ2n) is 17.0. The van der Waals surface area contributed by atoms with Gasteiger partial charge in [-0.2, -0.15) is 0 Å². The number of nitrogens with one attached hydrogen (secondary N) is 4. The molecule has 2 unspecified atom stereocenters. The number of imidazole rings is 2. The average Bonchev–Trinajstić information content (AvgIpc) is 4.07. The summed E-state index contributed by atoms with van der Waals surface area (Å²) in [6, 6.07) is 20.7. The number of aliphatic hydroxyl groups is 4. The molecule has 0 saturated carbocycles. The SMILES string of the molecule is Cc1c(COc2cc(OCc3ccnc4nc[nH]c34)c(CNC(CCO)C(=O)O)cc2Cl)cccc1-c1cccc(COc2cc(OCc3ccnc4nc[nH]c34)c(CNC(CCO)C(O)O)cc2Cl)c1C. The van der Waals surface area contributed by atoms with Crippen LogP contribution >= 0.6 is 23.2 Å². The maximum atomic E-state index is 11.9. The van der Waals surface area contributed by atoms with E-state index < -0.39 is 24.3 Å². The molecule has 0 aliphatic rings. The summed E-state index contributed by atoms with van der Waals surface area (Å²) in [7, 11) is 0. The smallest absolute Gasteiger partial charge is 0.320 e. The second kappa shape index (κ2) is 24.0. The number of nitrogens with zero attached hydrogens (tertiary/aromatic N) is 4. The van der Waals surface area contributed by atoms with Gasteiger partial charge in [0, 0.05) is 73.1 Å². The summed E-state index contributed by atoms with van der Waals surface area (Å²) in [4.78, 5) is 35.1. The Bertz CT molecular complexity index is 3150. The van der Waals surface area contributed by atoms with Gasteiger partial charge in [-0.25, -0.2) is 19.9 Å². The van der Waals surface area contributed by atoms with Crippen LogP contribution in [0, 0.1) is 13.8 Å². The number of pyridine rings is 2. The molecule has 0 radical (unpaired) electrons. The van der Waals surface area contributed by atoms with Crippen LogP contribution in [0.5, 0.6) is 23.0 Å². The number of hydrogen-bond donors (Lipinski definition) is 9. The van der Waals surface area contributed by atoms with Gasteiger partial charge < -0.3 is 65.1 Å². The fourth-order valence-electron chi connectivity index (χ4n) is 8.26. The van der Waals surface area contributed by atoms with E-state index in [0.29, 0.717) is 55.5 Å². The highest BCUT2D eigenvalue weighted by molar-refractivity contribution is 6.32. The number of halogens is 2. The van der Waals surface area contributed by atoms with E-state index in [0.717, 1.165) is 55.5 Å². The Morgan fingerprint density at radius 1 is 0.597 bits per heavy atom. The van der Waals surface area contributed by atoms with E-state index in [1.165, 1.54) is 0 Å². The molecule has 0 saturated heterocycles. The van der Waals surface area contributed by atoms with Crippen molar-refractivity contribution in [3.05, 3.63) is 152 Å². The standard InChI is InChI=1S/C52H54Cl2N8O10/c1-29-31(23-71-45-19-43(69-25-33-9-13-55-49-47(33)59-27-61-49)35(17-39(45)53)21-57-41(11-15-63)51(65)66)5-3-7-37(29)38-8-4-6-32(30(38)2)24-72-46-20-44(70-26-34-10-14-56-50-48(34)60-28-62-50)36(18-40(46)54)22-58-42(12-16-64)52(67)68/h3-10,13-14,17-20,27-28,41-42,51,57-58,63-66H,11-12,15-16,21-26H2,1-2H3,(H,67,68)(H,55,59,61)(H,56,60,62). The van der Waals surface area contributed by atoms with Crippen LogP contribution < -0.4 is 29.6 Å². The predicted octanol–water partition coefficient (Wildman–Crippen LogP) is 7.21. The van der Waals surface area contributed by atoms with Crippen molar-refractivity contribution in [3.63, 3.8) is 0 Å².